The summed E-state index contributed by atoms with van der Waals surface area (Å²) in [5.74, 6) is 0.938. The van der Waals surface area contributed by atoms with E-state index < -0.39 is 0 Å². The Morgan fingerprint density at radius 2 is 2.33 bits per heavy atom. The molecule has 0 radical (unpaired) electrons. The van der Waals surface area contributed by atoms with Crippen molar-refractivity contribution in [3.63, 3.8) is 0 Å². The molecule has 4 rings (SSSR count). The number of likely N-dealkylation sites (tertiary alicyclic amines) is 1. The third-order valence-corrected chi connectivity index (χ3v) is 4.56. The second-order valence-corrected chi connectivity index (χ2v) is 5.93. The third kappa shape index (κ3) is 2.61. The van der Waals surface area contributed by atoms with Crippen LogP contribution in [0.3, 0.4) is 0 Å². The fourth-order valence-electron chi connectivity index (χ4n) is 3.10. The van der Waals surface area contributed by atoms with Crippen LogP contribution in [0, 0.1) is 0 Å². The molecule has 0 amide bonds. The lowest BCUT2D eigenvalue weighted by atomic mass is 10.1. The van der Waals surface area contributed by atoms with Crippen LogP contribution in [0.1, 0.15) is 5.69 Å². The van der Waals surface area contributed by atoms with Gasteiger partial charge < -0.3 is 9.64 Å². The molecule has 8 heteroatoms. The number of hydrogen-bond acceptors (Lipinski definition) is 8. The molecule has 0 saturated carbocycles. The van der Waals surface area contributed by atoms with E-state index in [9.17, 15) is 0 Å². The lowest BCUT2D eigenvalue weighted by Crippen LogP contribution is -2.51. The van der Waals surface area contributed by atoms with E-state index >= 15 is 0 Å². The average Bonchev–Trinajstić information content (AvgIpc) is 3.17. The van der Waals surface area contributed by atoms with Crippen molar-refractivity contribution in [1.82, 2.24) is 24.5 Å². The quantitative estimate of drug-likeness (QED) is 0.814. The number of ether oxygens (including phenoxy) is 1. The van der Waals surface area contributed by atoms with Crippen molar-refractivity contribution >= 4 is 17.4 Å². The summed E-state index contributed by atoms with van der Waals surface area (Å²) in [6, 6.07) is 0.335. The van der Waals surface area contributed by atoms with Crippen molar-refractivity contribution in [2.45, 2.75) is 18.7 Å². The highest BCUT2D eigenvalue weighted by Crippen LogP contribution is 2.27. The van der Waals surface area contributed by atoms with Gasteiger partial charge in [-0.2, -0.15) is 0 Å². The Labute approximate surface area is 126 Å². The van der Waals surface area contributed by atoms with E-state index in [-0.39, 0.29) is 6.10 Å². The van der Waals surface area contributed by atoms with E-state index in [1.807, 2.05) is 11.6 Å². The van der Waals surface area contributed by atoms with Crippen LogP contribution >= 0.6 is 11.5 Å². The van der Waals surface area contributed by atoms with E-state index in [4.69, 9.17) is 4.74 Å². The summed E-state index contributed by atoms with van der Waals surface area (Å²) in [7, 11) is 0. The monoisotopic (exact) mass is 304 g/mol. The minimum Gasteiger partial charge on any atom is -0.373 e. The molecule has 0 unspecified atom stereocenters. The molecule has 2 saturated heterocycles. The molecule has 7 nitrogen and oxygen atoms in total. The number of fused-ring (bicyclic) bond motifs is 1. The van der Waals surface area contributed by atoms with Crippen LogP contribution in [0.5, 0.6) is 0 Å². The number of rotatable bonds is 3. The summed E-state index contributed by atoms with van der Waals surface area (Å²) in [4.78, 5) is 13.3. The predicted octanol–water partition coefficient (Wildman–Crippen LogP) is 0.418. The van der Waals surface area contributed by atoms with Gasteiger partial charge in [-0.1, -0.05) is 4.49 Å². The van der Waals surface area contributed by atoms with E-state index in [0.29, 0.717) is 6.04 Å². The molecule has 0 N–H and O–H groups in total. The highest BCUT2D eigenvalue weighted by Gasteiger charge is 2.40. The first kappa shape index (κ1) is 13.1. The van der Waals surface area contributed by atoms with Gasteiger partial charge in [0.25, 0.3) is 0 Å². The third-order valence-electron chi connectivity index (χ3n) is 4.01. The first-order valence-electron chi connectivity index (χ1n) is 7.03. The maximum Gasteiger partial charge on any atom is 0.147 e. The fourth-order valence-corrected chi connectivity index (χ4v) is 3.54. The summed E-state index contributed by atoms with van der Waals surface area (Å²) in [5, 5.41) is 6.13. The zero-order valence-corrected chi connectivity index (χ0v) is 12.3. The molecule has 2 aliphatic heterocycles. The molecule has 0 spiro atoms. The molecule has 2 atom stereocenters. The van der Waals surface area contributed by atoms with E-state index in [2.05, 4.69) is 29.4 Å². The largest absolute Gasteiger partial charge is 0.373 e. The van der Waals surface area contributed by atoms with Gasteiger partial charge in [-0.3, -0.25) is 9.88 Å². The van der Waals surface area contributed by atoms with Gasteiger partial charge in [0.2, 0.25) is 0 Å². The number of morpholine rings is 1. The fraction of sp³-hybridized carbons (Fsp3) is 0.538. The normalized spacial score (nSPS) is 26.0. The minimum atomic E-state index is 0.229. The topological polar surface area (TPSA) is 67.3 Å². The minimum absolute atomic E-state index is 0.229. The van der Waals surface area contributed by atoms with Gasteiger partial charge in [-0.05, 0) is 11.5 Å². The van der Waals surface area contributed by atoms with Crippen molar-refractivity contribution in [2.75, 3.05) is 31.1 Å². The van der Waals surface area contributed by atoms with Crippen molar-refractivity contribution < 1.29 is 4.74 Å². The van der Waals surface area contributed by atoms with Crippen molar-refractivity contribution in [2.24, 2.45) is 0 Å². The van der Waals surface area contributed by atoms with Gasteiger partial charge in [0.15, 0.2) is 0 Å². The van der Waals surface area contributed by atoms with Crippen LogP contribution in [-0.4, -0.2) is 62.8 Å². The molecule has 4 heterocycles. The highest BCUT2D eigenvalue weighted by atomic mass is 32.1. The summed E-state index contributed by atoms with van der Waals surface area (Å²) >= 11 is 1.40. The van der Waals surface area contributed by atoms with Gasteiger partial charge >= 0.3 is 0 Å². The average molecular weight is 304 g/mol. The van der Waals surface area contributed by atoms with Crippen LogP contribution in [0.25, 0.3) is 0 Å². The molecule has 2 aliphatic rings. The second-order valence-electron chi connectivity index (χ2n) is 5.32. The summed E-state index contributed by atoms with van der Waals surface area (Å²) in [6.45, 7) is 4.33. The summed E-state index contributed by atoms with van der Waals surface area (Å²) in [5.41, 5.74) is 1.03. The first-order valence-corrected chi connectivity index (χ1v) is 7.86. The molecule has 2 aromatic heterocycles. The molecule has 2 aromatic rings. The lowest BCUT2D eigenvalue weighted by molar-refractivity contribution is 0.0303. The molecule has 0 bridgehead atoms. The molecule has 110 valence electrons. The van der Waals surface area contributed by atoms with Crippen LogP contribution in [0.4, 0.5) is 5.82 Å². The first-order chi connectivity index (χ1) is 10.4. The molecule has 0 aromatic carbocycles. The zero-order valence-electron chi connectivity index (χ0n) is 11.5. The molecular formula is C13H16N6OS. The maximum absolute atomic E-state index is 5.94. The van der Waals surface area contributed by atoms with Gasteiger partial charge in [-0.15, -0.1) is 5.10 Å². The maximum atomic E-state index is 5.94. The smallest absolute Gasteiger partial charge is 0.147 e. The van der Waals surface area contributed by atoms with Gasteiger partial charge in [0, 0.05) is 44.0 Å². The molecule has 2 fully saturated rings. The van der Waals surface area contributed by atoms with Crippen LogP contribution in [-0.2, 0) is 11.3 Å². The Morgan fingerprint density at radius 1 is 1.33 bits per heavy atom. The lowest BCUT2D eigenvalue weighted by Gasteiger charge is -2.37. The van der Waals surface area contributed by atoms with E-state index in [0.717, 1.165) is 44.3 Å². The Morgan fingerprint density at radius 3 is 3.14 bits per heavy atom. The SMILES string of the molecule is c1cnc(N2CCO[C@H]3CN(Cc4csnn4)C[C@H]32)cn1. The number of anilines is 1. The van der Waals surface area contributed by atoms with Gasteiger partial charge in [-0.25, -0.2) is 4.98 Å². The predicted molar refractivity (Wildman–Crippen MR) is 78.1 cm³/mol. The summed E-state index contributed by atoms with van der Waals surface area (Å²) in [6.07, 6.45) is 5.51. The molecule has 0 aliphatic carbocycles. The number of hydrogen-bond donors (Lipinski definition) is 0. The number of nitrogens with zero attached hydrogens (tertiary/aromatic N) is 6. The van der Waals surface area contributed by atoms with Gasteiger partial charge in [0.05, 0.1) is 30.6 Å². The Balaban J connectivity index is 1.50. The standard InChI is InChI=1S/C13H16N6OS/c1-2-15-13(5-14-1)19-3-4-20-12-8-18(7-11(12)19)6-10-9-21-17-16-10/h1-2,5,9,11-12H,3-4,6-8H2/t11-,12+/m1/s1. The van der Waals surface area contributed by atoms with E-state index in [1.165, 1.54) is 11.5 Å². The Bertz CT molecular complexity index is 580. The number of aromatic nitrogens is 4. The van der Waals surface area contributed by atoms with E-state index in [1.54, 1.807) is 12.4 Å². The van der Waals surface area contributed by atoms with Crippen LogP contribution in [0.2, 0.25) is 0 Å². The van der Waals surface area contributed by atoms with Crippen LogP contribution < -0.4 is 4.90 Å². The molecular weight excluding hydrogens is 288 g/mol. The highest BCUT2D eigenvalue weighted by molar-refractivity contribution is 7.03. The van der Waals surface area contributed by atoms with Crippen molar-refractivity contribution in [1.29, 1.82) is 0 Å². The second kappa shape index (κ2) is 5.63. The van der Waals surface area contributed by atoms with Crippen molar-refractivity contribution in [3.05, 3.63) is 29.7 Å². The Hall–Kier alpha value is -1.64. The Kier molecular flexibility index (Phi) is 3.50. The summed E-state index contributed by atoms with van der Waals surface area (Å²) < 4.78 is 9.86. The zero-order chi connectivity index (χ0) is 14.1. The molecule has 21 heavy (non-hydrogen) atoms. The van der Waals surface area contributed by atoms with Gasteiger partial charge in [0.1, 0.15) is 5.82 Å². The van der Waals surface area contributed by atoms with Crippen LogP contribution in [0.15, 0.2) is 24.0 Å². The van der Waals surface area contributed by atoms with Crippen molar-refractivity contribution in [3.8, 4) is 0 Å².